The maximum atomic E-state index is 11.0. The molecule has 0 amide bonds. The third-order valence-corrected chi connectivity index (χ3v) is 8.68. The predicted molar refractivity (Wildman–Crippen MR) is 89.3 cm³/mol. The van der Waals surface area contributed by atoms with Gasteiger partial charge in [0, 0.05) is 5.92 Å². The molecule has 6 N–H and O–H groups in total. The third-order valence-electron chi connectivity index (χ3n) is 8.68. The van der Waals surface area contributed by atoms with Gasteiger partial charge in [-0.25, -0.2) is 0 Å². The molecule has 4 rings (SSSR count). The van der Waals surface area contributed by atoms with Gasteiger partial charge in [-0.15, -0.1) is 0 Å². The summed E-state index contributed by atoms with van der Waals surface area (Å²) in [5.41, 5.74) is -0.993. The summed E-state index contributed by atoms with van der Waals surface area (Å²) < 4.78 is 0. The zero-order valence-electron chi connectivity index (χ0n) is 15.0. The zero-order chi connectivity index (χ0) is 18.3. The molecule has 144 valence electrons. The normalized spacial score (nSPS) is 64.3. The van der Waals surface area contributed by atoms with E-state index in [1.54, 1.807) is 0 Å². The molecule has 12 atom stereocenters. The largest absolute Gasteiger partial charge is 0.393 e. The first kappa shape index (κ1) is 18.1. The third kappa shape index (κ3) is 2.18. The highest BCUT2D eigenvalue weighted by Crippen LogP contribution is 2.66. The summed E-state index contributed by atoms with van der Waals surface area (Å²) in [7, 11) is 0. The standard InChI is InChI=1S/C19H32O6/c1-18-6-5-9(20)15(23)14(18)17(25)16(24)12-8-3-4-11(22)19(8,2)7-10(21)13(12)18/h8-17,20-25H,3-7H2,1-2H3. The summed E-state index contributed by atoms with van der Waals surface area (Å²) in [5.74, 6) is -1.16. The number of hydrogen-bond donors (Lipinski definition) is 6. The fourth-order valence-corrected chi connectivity index (χ4v) is 7.42. The van der Waals surface area contributed by atoms with Crippen LogP contribution < -0.4 is 0 Å². The molecule has 0 heterocycles. The Bertz CT molecular complexity index is 542. The molecular formula is C19H32O6. The van der Waals surface area contributed by atoms with Crippen molar-refractivity contribution in [1.29, 1.82) is 0 Å². The molecule has 0 aromatic carbocycles. The molecule has 25 heavy (non-hydrogen) atoms. The first-order valence-corrected chi connectivity index (χ1v) is 9.71. The highest BCUT2D eigenvalue weighted by molar-refractivity contribution is 5.17. The van der Waals surface area contributed by atoms with Gasteiger partial charge in [-0.3, -0.25) is 0 Å². The summed E-state index contributed by atoms with van der Waals surface area (Å²) >= 11 is 0. The van der Waals surface area contributed by atoms with Crippen LogP contribution >= 0.6 is 0 Å². The van der Waals surface area contributed by atoms with Crippen LogP contribution in [0.15, 0.2) is 0 Å². The SMILES string of the molecule is CC12CC(O)C3C(C(O)C(O)C4C(O)C(O)CCC43C)C1CCC2O. The number of rotatable bonds is 0. The molecule has 4 fully saturated rings. The van der Waals surface area contributed by atoms with E-state index in [1.165, 1.54) is 0 Å². The molecule has 6 nitrogen and oxygen atoms in total. The Morgan fingerprint density at radius 3 is 2.04 bits per heavy atom. The summed E-state index contributed by atoms with van der Waals surface area (Å²) in [4.78, 5) is 0. The lowest BCUT2D eigenvalue weighted by Crippen LogP contribution is -2.70. The van der Waals surface area contributed by atoms with Gasteiger partial charge in [-0.05, 0) is 60.7 Å². The zero-order valence-corrected chi connectivity index (χ0v) is 15.0. The maximum Gasteiger partial charge on any atom is 0.0861 e. The minimum Gasteiger partial charge on any atom is -0.393 e. The topological polar surface area (TPSA) is 121 Å². The predicted octanol–water partition coefficient (Wildman–Crippen LogP) is -0.366. The van der Waals surface area contributed by atoms with Crippen molar-refractivity contribution in [2.75, 3.05) is 0 Å². The lowest BCUT2D eigenvalue weighted by molar-refractivity contribution is -0.272. The maximum absolute atomic E-state index is 11.0. The van der Waals surface area contributed by atoms with Crippen LogP contribution in [-0.2, 0) is 0 Å². The van der Waals surface area contributed by atoms with Crippen LogP contribution in [0.3, 0.4) is 0 Å². The fraction of sp³-hybridized carbons (Fsp3) is 1.00. The van der Waals surface area contributed by atoms with E-state index in [0.29, 0.717) is 25.7 Å². The minimum absolute atomic E-state index is 0.0438. The molecule has 0 radical (unpaired) electrons. The molecule has 0 aromatic heterocycles. The number of aliphatic hydroxyl groups is 6. The van der Waals surface area contributed by atoms with E-state index in [0.717, 1.165) is 6.42 Å². The van der Waals surface area contributed by atoms with E-state index in [9.17, 15) is 30.6 Å². The van der Waals surface area contributed by atoms with Crippen molar-refractivity contribution >= 4 is 0 Å². The molecule has 6 heteroatoms. The molecular weight excluding hydrogens is 324 g/mol. The van der Waals surface area contributed by atoms with Crippen LogP contribution in [0.1, 0.15) is 46.0 Å². The van der Waals surface area contributed by atoms with Crippen molar-refractivity contribution in [3.8, 4) is 0 Å². The Balaban J connectivity index is 1.78. The van der Waals surface area contributed by atoms with Gasteiger partial charge in [0.25, 0.3) is 0 Å². The summed E-state index contributed by atoms with van der Waals surface area (Å²) in [5, 5.41) is 64.0. The molecule has 4 aliphatic rings. The smallest absolute Gasteiger partial charge is 0.0861 e. The summed E-state index contributed by atoms with van der Waals surface area (Å²) in [6.45, 7) is 3.97. The van der Waals surface area contributed by atoms with Gasteiger partial charge in [0.1, 0.15) is 0 Å². The highest BCUT2D eigenvalue weighted by Gasteiger charge is 2.68. The van der Waals surface area contributed by atoms with Crippen molar-refractivity contribution in [1.82, 2.24) is 0 Å². The van der Waals surface area contributed by atoms with Gasteiger partial charge in [0.15, 0.2) is 0 Å². The molecule has 4 saturated carbocycles. The minimum atomic E-state index is -1.14. The Labute approximate surface area is 148 Å². The van der Waals surface area contributed by atoms with E-state index in [1.807, 2.05) is 13.8 Å². The average Bonchev–Trinajstić information content (AvgIpc) is 2.83. The van der Waals surface area contributed by atoms with Crippen LogP contribution in [0, 0.1) is 34.5 Å². The van der Waals surface area contributed by atoms with E-state index in [-0.39, 0.29) is 17.8 Å². The lowest BCUT2D eigenvalue weighted by Gasteiger charge is -2.65. The van der Waals surface area contributed by atoms with Gasteiger partial charge in [0.05, 0.1) is 36.6 Å². The molecule has 12 unspecified atom stereocenters. The van der Waals surface area contributed by atoms with Crippen LogP contribution in [0.25, 0.3) is 0 Å². The Kier molecular flexibility index (Phi) is 4.08. The molecule has 0 bridgehead atoms. The van der Waals surface area contributed by atoms with Gasteiger partial charge in [0.2, 0.25) is 0 Å². The Morgan fingerprint density at radius 1 is 0.680 bits per heavy atom. The van der Waals surface area contributed by atoms with Gasteiger partial charge in [-0.1, -0.05) is 13.8 Å². The van der Waals surface area contributed by atoms with E-state index in [4.69, 9.17) is 0 Å². The fourth-order valence-electron chi connectivity index (χ4n) is 7.42. The number of fused-ring (bicyclic) bond motifs is 5. The first-order chi connectivity index (χ1) is 11.6. The lowest BCUT2D eigenvalue weighted by atomic mass is 9.42. The van der Waals surface area contributed by atoms with E-state index in [2.05, 4.69) is 0 Å². The average molecular weight is 356 g/mol. The van der Waals surface area contributed by atoms with Crippen LogP contribution in [0.4, 0.5) is 0 Å². The molecule has 0 aliphatic heterocycles. The second kappa shape index (κ2) is 5.63. The summed E-state index contributed by atoms with van der Waals surface area (Å²) in [6, 6.07) is 0. The Hall–Kier alpha value is -0.240. The van der Waals surface area contributed by atoms with Crippen molar-refractivity contribution in [2.24, 2.45) is 34.5 Å². The van der Waals surface area contributed by atoms with Crippen LogP contribution in [0.5, 0.6) is 0 Å². The van der Waals surface area contributed by atoms with E-state index >= 15 is 0 Å². The number of hydrogen-bond acceptors (Lipinski definition) is 6. The molecule has 4 aliphatic carbocycles. The molecule has 0 aromatic rings. The van der Waals surface area contributed by atoms with Crippen molar-refractivity contribution in [3.05, 3.63) is 0 Å². The molecule has 0 spiro atoms. The van der Waals surface area contributed by atoms with Gasteiger partial charge in [-0.2, -0.15) is 0 Å². The quantitative estimate of drug-likeness (QED) is 0.352. The van der Waals surface area contributed by atoms with Crippen molar-refractivity contribution in [3.63, 3.8) is 0 Å². The Morgan fingerprint density at radius 2 is 1.36 bits per heavy atom. The summed E-state index contributed by atoms with van der Waals surface area (Å²) in [6.07, 6.45) is -2.46. The second-order valence-electron chi connectivity index (χ2n) is 9.69. The van der Waals surface area contributed by atoms with Crippen LogP contribution in [-0.4, -0.2) is 67.3 Å². The van der Waals surface area contributed by atoms with Crippen molar-refractivity contribution < 1.29 is 30.6 Å². The van der Waals surface area contributed by atoms with Crippen LogP contribution in [0.2, 0.25) is 0 Å². The highest BCUT2D eigenvalue weighted by atomic mass is 16.3. The molecule has 0 saturated heterocycles. The van der Waals surface area contributed by atoms with Crippen molar-refractivity contribution in [2.45, 2.75) is 82.6 Å². The van der Waals surface area contributed by atoms with E-state index < -0.39 is 53.4 Å². The monoisotopic (exact) mass is 356 g/mol. The first-order valence-electron chi connectivity index (χ1n) is 9.71. The number of aliphatic hydroxyl groups excluding tert-OH is 6. The van der Waals surface area contributed by atoms with Gasteiger partial charge >= 0.3 is 0 Å². The second-order valence-corrected chi connectivity index (χ2v) is 9.69. The van der Waals surface area contributed by atoms with Gasteiger partial charge < -0.3 is 30.6 Å².